The van der Waals surface area contributed by atoms with E-state index in [0.29, 0.717) is 12.0 Å². The molecular weight excluding hydrogens is 304 g/mol. The number of carbonyl (C=O) groups is 1. The lowest BCUT2D eigenvalue weighted by atomic mass is 10.1. The van der Waals surface area contributed by atoms with Crippen LogP contribution in [0, 0.1) is 6.92 Å². The molecule has 0 amide bonds. The van der Waals surface area contributed by atoms with Crippen molar-refractivity contribution in [1.82, 2.24) is 0 Å². The van der Waals surface area contributed by atoms with Gasteiger partial charge in [0, 0.05) is 22.7 Å². The summed E-state index contributed by atoms with van der Waals surface area (Å²) in [6, 6.07) is 5.50. The predicted octanol–water partition coefficient (Wildman–Crippen LogP) is 2.77. The van der Waals surface area contributed by atoms with Gasteiger partial charge < -0.3 is 0 Å². The van der Waals surface area contributed by atoms with Crippen LogP contribution in [-0.2, 0) is 9.84 Å². The van der Waals surface area contributed by atoms with Gasteiger partial charge in [-0.15, -0.1) is 0 Å². The smallest absolute Gasteiger partial charge is 0.162 e. The number of Topliss-reactive ketones (excluding diaryl/α,β-unsaturated/α-hetero) is 1. The molecule has 0 unspecified atom stereocenters. The maximum absolute atomic E-state index is 11.8. The van der Waals surface area contributed by atoms with Crippen LogP contribution in [0.5, 0.6) is 0 Å². The Kier molecular flexibility index (Phi) is 4.89. The third-order valence-corrected chi connectivity index (χ3v) is 3.77. The molecule has 17 heavy (non-hydrogen) atoms. The van der Waals surface area contributed by atoms with E-state index < -0.39 is 9.84 Å². The predicted molar refractivity (Wildman–Crippen MR) is 72.2 cm³/mol. The lowest BCUT2D eigenvalue weighted by Gasteiger charge is -2.03. The molecule has 0 heterocycles. The minimum Gasteiger partial charge on any atom is -0.294 e. The van der Waals surface area contributed by atoms with E-state index in [2.05, 4.69) is 15.9 Å². The molecule has 0 aliphatic heterocycles. The van der Waals surface area contributed by atoms with E-state index in [1.54, 1.807) is 6.07 Å². The van der Waals surface area contributed by atoms with Crippen molar-refractivity contribution in [2.45, 2.75) is 19.8 Å². The highest BCUT2D eigenvalue weighted by molar-refractivity contribution is 9.10. The van der Waals surface area contributed by atoms with E-state index in [1.807, 2.05) is 19.1 Å². The van der Waals surface area contributed by atoms with Gasteiger partial charge in [0.05, 0.1) is 5.75 Å². The van der Waals surface area contributed by atoms with E-state index in [1.165, 1.54) is 6.26 Å². The fraction of sp³-hybridized carbons (Fsp3) is 0.417. The molecule has 0 fully saturated rings. The van der Waals surface area contributed by atoms with Crippen molar-refractivity contribution in [2.24, 2.45) is 0 Å². The summed E-state index contributed by atoms with van der Waals surface area (Å²) in [5.74, 6) is 0.0455. The van der Waals surface area contributed by atoms with Crippen LogP contribution in [0.15, 0.2) is 22.7 Å². The molecular formula is C12H15BrO3S. The number of hydrogen-bond donors (Lipinski definition) is 0. The molecule has 3 nitrogen and oxygen atoms in total. The first-order valence-electron chi connectivity index (χ1n) is 5.26. The summed E-state index contributed by atoms with van der Waals surface area (Å²) in [6.07, 6.45) is 1.83. The largest absolute Gasteiger partial charge is 0.294 e. The van der Waals surface area contributed by atoms with Crippen molar-refractivity contribution in [1.29, 1.82) is 0 Å². The van der Waals surface area contributed by atoms with Gasteiger partial charge in [0.2, 0.25) is 0 Å². The third kappa shape index (κ3) is 5.46. The zero-order valence-electron chi connectivity index (χ0n) is 9.86. The maximum atomic E-state index is 11.8. The number of hydrogen-bond acceptors (Lipinski definition) is 3. The fourth-order valence-corrected chi connectivity index (χ4v) is 2.81. The van der Waals surface area contributed by atoms with Gasteiger partial charge in [-0.1, -0.05) is 15.9 Å². The molecule has 1 aromatic carbocycles. The molecule has 1 rings (SSSR count). The summed E-state index contributed by atoms with van der Waals surface area (Å²) in [5.41, 5.74) is 1.64. The number of halogens is 1. The molecule has 0 radical (unpaired) electrons. The van der Waals surface area contributed by atoms with Crippen LogP contribution in [0.4, 0.5) is 0 Å². The summed E-state index contributed by atoms with van der Waals surface area (Å²) in [4.78, 5) is 11.8. The summed E-state index contributed by atoms with van der Waals surface area (Å²) in [7, 11) is -2.98. The lowest BCUT2D eigenvalue weighted by Crippen LogP contribution is -2.06. The highest BCUT2D eigenvalue weighted by Gasteiger charge is 2.09. The number of benzene rings is 1. The Labute approximate surface area is 110 Å². The van der Waals surface area contributed by atoms with Gasteiger partial charge in [-0.05, 0) is 37.1 Å². The van der Waals surface area contributed by atoms with Crippen LogP contribution >= 0.6 is 15.9 Å². The molecule has 0 saturated heterocycles. The van der Waals surface area contributed by atoms with Gasteiger partial charge in [0.25, 0.3) is 0 Å². The van der Waals surface area contributed by atoms with Crippen LogP contribution in [0.1, 0.15) is 28.8 Å². The molecule has 0 aliphatic carbocycles. The first kappa shape index (κ1) is 14.4. The van der Waals surface area contributed by atoms with Crippen molar-refractivity contribution in [3.63, 3.8) is 0 Å². The summed E-state index contributed by atoms with van der Waals surface area (Å²) in [5, 5.41) is 0. The Morgan fingerprint density at radius 2 is 1.94 bits per heavy atom. The van der Waals surface area contributed by atoms with E-state index in [-0.39, 0.29) is 18.0 Å². The van der Waals surface area contributed by atoms with E-state index in [0.717, 1.165) is 10.0 Å². The van der Waals surface area contributed by atoms with Gasteiger partial charge in [0.1, 0.15) is 9.84 Å². The molecule has 0 bridgehead atoms. The van der Waals surface area contributed by atoms with Crippen molar-refractivity contribution in [2.75, 3.05) is 12.0 Å². The van der Waals surface area contributed by atoms with Gasteiger partial charge >= 0.3 is 0 Å². The molecule has 0 aliphatic rings. The number of sulfone groups is 1. The van der Waals surface area contributed by atoms with E-state index >= 15 is 0 Å². The number of rotatable bonds is 5. The molecule has 94 valence electrons. The van der Waals surface area contributed by atoms with E-state index in [4.69, 9.17) is 0 Å². The topological polar surface area (TPSA) is 51.2 Å². The Morgan fingerprint density at radius 3 is 2.47 bits per heavy atom. The van der Waals surface area contributed by atoms with Crippen molar-refractivity contribution in [3.05, 3.63) is 33.8 Å². The minimum absolute atomic E-state index is 0.0157. The second kappa shape index (κ2) is 5.78. The average molecular weight is 319 g/mol. The molecule has 0 spiro atoms. The Hall–Kier alpha value is -0.680. The molecule has 0 atom stereocenters. The lowest BCUT2D eigenvalue weighted by molar-refractivity contribution is 0.0982. The molecule has 5 heteroatoms. The van der Waals surface area contributed by atoms with E-state index in [9.17, 15) is 13.2 Å². The van der Waals surface area contributed by atoms with Gasteiger partial charge in [-0.3, -0.25) is 4.79 Å². The fourth-order valence-electron chi connectivity index (χ4n) is 1.54. The van der Waals surface area contributed by atoms with Crippen molar-refractivity contribution in [3.8, 4) is 0 Å². The summed E-state index contributed by atoms with van der Waals surface area (Å²) in [6.45, 7) is 1.91. The number of aryl methyl sites for hydroxylation is 1. The van der Waals surface area contributed by atoms with Gasteiger partial charge in [-0.2, -0.15) is 0 Å². The second-order valence-corrected chi connectivity index (χ2v) is 7.35. The maximum Gasteiger partial charge on any atom is 0.162 e. The van der Waals surface area contributed by atoms with Crippen LogP contribution in [-0.4, -0.2) is 26.2 Å². The Balaban J connectivity index is 2.64. The zero-order valence-corrected chi connectivity index (χ0v) is 12.3. The molecule has 0 aromatic heterocycles. The average Bonchev–Trinajstić information content (AvgIpc) is 2.13. The van der Waals surface area contributed by atoms with Crippen molar-refractivity contribution >= 4 is 31.6 Å². The van der Waals surface area contributed by atoms with Gasteiger partial charge in [0.15, 0.2) is 5.78 Å². The summed E-state index contributed by atoms with van der Waals surface area (Å²) < 4.78 is 22.7. The van der Waals surface area contributed by atoms with Crippen LogP contribution < -0.4 is 0 Å². The molecule has 1 aromatic rings. The highest BCUT2D eigenvalue weighted by atomic mass is 79.9. The van der Waals surface area contributed by atoms with Crippen molar-refractivity contribution < 1.29 is 13.2 Å². The molecule has 0 saturated carbocycles. The summed E-state index contributed by atoms with van der Waals surface area (Å²) >= 11 is 3.33. The first-order valence-corrected chi connectivity index (χ1v) is 8.11. The minimum atomic E-state index is -2.98. The second-order valence-electron chi connectivity index (χ2n) is 4.17. The Morgan fingerprint density at radius 1 is 1.29 bits per heavy atom. The SMILES string of the molecule is Cc1cc(Br)cc(C(=O)CCCS(C)(=O)=O)c1. The third-order valence-electron chi connectivity index (χ3n) is 2.28. The Bertz CT molecular complexity index is 500. The quantitative estimate of drug-likeness (QED) is 0.784. The number of carbonyl (C=O) groups excluding carboxylic acids is 1. The first-order chi connectivity index (χ1) is 7.78. The van der Waals surface area contributed by atoms with Crippen LogP contribution in [0.2, 0.25) is 0 Å². The monoisotopic (exact) mass is 318 g/mol. The van der Waals surface area contributed by atoms with Gasteiger partial charge in [-0.25, -0.2) is 8.42 Å². The van der Waals surface area contributed by atoms with Crippen LogP contribution in [0.3, 0.4) is 0 Å². The highest BCUT2D eigenvalue weighted by Crippen LogP contribution is 2.17. The van der Waals surface area contributed by atoms with Crippen LogP contribution in [0.25, 0.3) is 0 Å². The zero-order chi connectivity index (χ0) is 13.1. The standard InChI is InChI=1S/C12H15BrO3S/c1-9-6-10(8-11(13)7-9)12(14)4-3-5-17(2,15)16/h6-8H,3-5H2,1-2H3. The number of ketones is 1. The normalized spacial score (nSPS) is 11.5. The molecule has 0 N–H and O–H groups in total.